The molecule has 160 valence electrons. The fraction of sp³-hybridized carbons (Fsp3) is 0.381. The molecule has 0 aliphatic carbocycles. The molecule has 1 heterocycles. The Kier molecular flexibility index (Phi) is 7.60. The van der Waals surface area contributed by atoms with Gasteiger partial charge in [0.05, 0.1) is 40.1 Å². The van der Waals surface area contributed by atoms with Gasteiger partial charge < -0.3 is 14.2 Å². The number of carbonyl (C=O) groups excluding carboxylic acids is 2. The molecule has 0 atom stereocenters. The summed E-state index contributed by atoms with van der Waals surface area (Å²) in [6, 6.07) is 5.69. The Morgan fingerprint density at radius 1 is 1.10 bits per heavy atom. The summed E-state index contributed by atoms with van der Waals surface area (Å²) in [6.45, 7) is 6.81. The van der Waals surface area contributed by atoms with Gasteiger partial charge >= 0.3 is 11.9 Å². The van der Waals surface area contributed by atoms with Gasteiger partial charge in [-0.05, 0) is 33.3 Å². The average molecular weight is 416 g/mol. The summed E-state index contributed by atoms with van der Waals surface area (Å²) in [6.07, 6.45) is -0.409. The molecule has 30 heavy (non-hydrogen) atoms. The maximum atomic E-state index is 12.9. The quantitative estimate of drug-likeness (QED) is 0.277. The monoisotopic (exact) mass is 416 g/mol. The van der Waals surface area contributed by atoms with Crippen molar-refractivity contribution in [3.8, 4) is 11.1 Å². The van der Waals surface area contributed by atoms with Gasteiger partial charge in [-0.1, -0.05) is 12.1 Å². The number of esters is 2. The second-order valence-corrected chi connectivity index (χ2v) is 6.80. The Hall–Kier alpha value is -3.33. The zero-order chi connectivity index (χ0) is 22.4. The molecule has 2 aromatic rings. The number of nitro groups is 1. The largest absolute Gasteiger partial charge is 0.460 e. The van der Waals surface area contributed by atoms with Crippen LogP contribution in [0.5, 0.6) is 0 Å². The predicted octanol–water partition coefficient (Wildman–Crippen LogP) is 3.64. The van der Waals surface area contributed by atoms with E-state index < -0.39 is 23.0 Å². The number of non-ortho nitro benzene ring substituents is 1. The van der Waals surface area contributed by atoms with E-state index in [1.807, 2.05) is 0 Å². The van der Waals surface area contributed by atoms with E-state index in [0.29, 0.717) is 17.0 Å². The van der Waals surface area contributed by atoms with Crippen LogP contribution in [0.15, 0.2) is 24.3 Å². The molecule has 0 N–H and O–H groups in total. The van der Waals surface area contributed by atoms with Crippen LogP contribution >= 0.6 is 0 Å². The minimum absolute atomic E-state index is 0.00278. The zero-order valence-corrected chi connectivity index (χ0v) is 17.6. The Morgan fingerprint density at radius 3 is 2.30 bits per heavy atom. The first kappa shape index (κ1) is 23.0. The first-order valence-electron chi connectivity index (χ1n) is 9.30. The fourth-order valence-electron chi connectivity index (χ4n) is 2.98. The Bertz CT molecular complexity index is 970. The van der Waals surface area contributed by atoms with Crippen molar-refractivity contribution in [3.05, 3.63) is 56.9 Å². The molecular weight excluding hydrogens is 392 g/mol. The van der Waals surface area contributed by atoms with Crippen LogP contribution in [0.1, 0.15) is 46.0 Å². The van der Waals surface area contributed by atoms with Gasteiger partial charge in [-0.3, -0.25) is 15.1 Å². The fourth-order valence-corrected chi connectivity index (χ4v) is 2.98. The molecule has 0 bridgehead atoms. The summed E-state index contributed by atoms with van der Waals surface area (Å²) in [5.74, 6) is -1.39. The maximum absolute atomic E-state index is 12.9. The maximum Gasteiger partial charge on any atom is 0.340 e. The van der Waals surface area contributed by atoms with Gasteiger partial charge in [-0.15, -0.1) is 0 Å². The highest BCUT2D eigenvalue weighted by Gasteiger charge is 2.29. The molecule has 9 nitrogen and oxygen atoms in total. The van der Waals surface area contributed by atoms with Crippen LogP contribution in [-0.2, 0) is 14.2 Å². The van der Waals surface area contributed by atoms with Crippen molar-refractivity contribution < 1.29 is 28.7 Å². The van der Waals surface area contributed by atoms with Crippen LogP contribution in [0.4, 0.5) is 5.69 Å². The molecule has 1 aromatic carbocycles. The van der Waals surface area contributed by atoms with Crippen molar-refractivity contribution in [1.82, 2.24) is 4.98 Å². The van der Waals surface area contributed by atoms with Gasteiger partial charge in [-0.2, -0.15) is 0 Å². The van der Waals surface area contributed by atoms with E-state index in [-0.39, 0.29) is 35.6 Å². The third kappa shape index (κ3) is 5.18. The SMILES string of the molecule is COCCOC(=O)c1c(C)nc(C)c(C(=O)OC(C)C)c1-c1cccc([N+](=O)[O-])c1. The molecule has 2 rings (SSSR count). The number of ether oxygens (including phenoxy) is 3. The topological polar surface area (TPSA) is 118 Å². The predicted molar refractivity (Wildman–Crippen MR) is 109 cm³/mol. The summed E-state index contributed by atoms with van der Waals surface area (Å²) in [5, 5.41) is 11.3. The van der Waals surface area contributed by atoms with Gasteiger partial charge in [0.25, 0.3) is 5.69 Å². The van der Waals surface area contributed by atoms with Crippen LogP contribution in [-0.4, -0.2) is 48.3 Å². The number of hydrogen-bond donors (Lipinski definition) is 0. The van der Waals surface area contributed by atoms with Crippen molar-refractivity contribution in [2.45, 2.75) is 33.8 Å². The molecule has 0 radical (unpaired) electrons. The summed E-state index contributed by atoms with van der Waals surface area (Å²) in [7, 11) is 1.47. The van der Waals surface area contributed by atoms with Crippen LogP contribution in [0.3, 0.4) is 0 Å². The van der Waals surface area contributed by atoms with E-state index in [1.165, 1.54) is 25.3 Å². The molecule has 1 aromatic heterocycles. The number of aryl methyl sites for hydroxylation is 2. The van der Waals surface area contributed by atoms with Gasteiger partial charge in [0.2, 0.25) is 0 Å². The van der Waals surface area contributed by atoms with Crippen molar-refractivity contribution >= 4 is 17.6 Å². The highest BCUT2D eigenvalue weighted by molar-refractivity contribution is 6.07. The molecule has 0 spiro atoms. The Labute approximate surface area is 174 Å². The second-order valence-electron chi connectivity index (χ2n) is 6.80. The minimum atomic E-state index is -0.711. The summed E-state index contributed by atoms with van der Waals surface area (Å²) >= 11 is 0. The van der Waals surface area contributed by atoms with E-state index in [2.05, 4.69) is 4.98 Å². The van der Waals surface area contributed by atoms with Gasteiger partial charge in [-0.25, -0.2) is 9.59 Å². The third-order valence-electron chi connectivity index (χ3n) is 4.18. The van der Waals surface area contributed by atoms with Crippen LogP contribution in [0.2, 0.25) is 0 Å². The lowest BCUT2D eigenvalue weighted by molar-refractivity contribution is -0.384. The number of hydrogen-bond acceptors (Lipinski definition) is 8. The minimum Gasteiger partial charge on any atom is -0.460 e. The van der Waals surface area contributed by atoms with Crippen molar-refractivity contribution in [2.24, 2.45) is 0 Å². The number of pyridine rings is 1. The zero-order valence-electron chi connectivity index (χ0n) is 17.6. The van der Waals surface area contributed by atoms with Crippen LogP contribution < -0.4 is 0 Å². The molecule has 0 aliphatic heterocycles. The molecule has 0 saturated carbocycles. The van der Waals surface area contributed by atoms with E-state index in [9.17, 15) is 19.7 Å². The van der Waals surface area contributed by atoms with Crippen molar-refractivity contribution in [1.29, 1.82) is 0 Å². The standard InChI is InChI=1S/C21H24N2O7/c1-12(2)30-21(25)18-14(4)22-13(3)17(20(24)29-10-9-28-5)19(18)15-7-6-8-16(11-15)23(26)27/h6-8,11-12H,9-10H2,1-5H3. The lowest BCUT2D eigenvalue weighted by atomic mass is 9.92. The highest BCUT2D eigenvalue weighted by atomic mass is 16.6. The molecule has 0 amide bonds. The molecule has 0 saturated heterocycles. The summed E-state index contributed by atoms with van der Waals surface area (Å²) < 4.78 is 15.5. The number of nitro benzene ring substituents is 1. The molecule has 9 heteroatoms. The highest BCUT2D eigenvalue weighted by Crippen LogP contribution is 2.34. The summed E-state index contributed by atoms with van der Waals surface area (Å²) in [4.78, 5) is 40.8. The average Bonchev–Trinajstić information content (AvgIpc) is 2.66. The third-order valence-corrected chi connectivity index (χ3v) is 4.18. The number of methoxy groups -OCH3 is 1. The molecular formula is C21H24N2O7. The first-order valence-corrected chi connectivity index (χ1v) is 9.30. The van der Waals surface area contributed by atoms with Crippen LogP contribution in [0.25, 0.3) is 11.1 Å². The Morgan fingerprint density at radius 2 is 1.73 bits per heavy atom. The first-order chi connectivity index (χ1) is 14.2. The number of rotatable bonds is 8. The lowest BCUT2D eigenvalue weighted by Gasteiger charge is -2.19. The van der Waals surface area contributed by atoms with Gasteiger partial charge in [0.15, 0.2) is 0 Å². The number of nitrogens with zero attached hydrogens (tertiary/aromatic N) is 2. The Balaban J connectivity index is 2.78. The van der Waals surface area contributed by atoms with E-state index in [0.717, 1.165) is 0 Å². The molecule has 0 unspecified atom stereocenters. The lowest BCUT2D eigenvalue weighted by Crippen LogP contribution is -2.20. The van der Waals surface area contributed by atoms with Crippen LogP contribution in [0, 0.1) is 24.0 Å². The number of carbonyl (C=O) groups is 2. The number of benzene rings is 1. The second kappa shape index (κ2) is 9.93. The van der Waals surface area contributed by atoms with E-state index in [4.69, 9.17) is 14.2 Å². The van der Waals surface area contributed by atoms with Crippen molar-refractivity contribution in [2.75, 3.05) is 20.3 Å². The molecule has 0 fully saturated rings. The number of aromatic nitrogens is 1. The van der Waals surface area contributed by atoms with Crippen molar-refractivity contribution in [3.63, 3.8) is 0 Å². The summed E-state index contributed by atoms with van der Waals surface area (Å²) in [5.41, 5.74) is 1.11. The van der Waals surface area contributed by atoms with Gasteiger partial charge in [0, 0.05) is 24.8 Å². The van der Waals surface area contributed by atoms with E-state index in [1.54, 1.807) is 33.8 Å². The van der Waals surface area contributed by atoms with Gasteiger partial charge in [0.1, 0.15) is 6.61 Å². The molecule has 0 aliphatic rings. The smallest absolute Gasteiger partial charge is 0.340 e. The van der Waals surface area contributed by atoms with E-state index >= 15 is 0 Å². The normalized spacial score (nSPS) is 10.7.